The molecule has 0 radical (unpaired) electrons. The lowest BCUT2D eigenvalue weighted by Gasteiger charge is -2.29. The fourth-order valence-corrected chi connectivity index (χ4v) is 7.31. The highest BCUT2D eigenvalue weighted by Crippen LogP contribution is 2.20. The number of H-pyrrole nitrogens is 1. The maximum atomic E-state index is 14.6. The number of carboxylic acid groups (broad SMARTS) is 1. The van der Waals surface area contributed by atoms with Gasteiger partial charge in [-0.15, -0.1) is 0 Å². The van der Waals surface area contributed by atoms with E-state index in [4.69, 9.17) is 45.9 Å². The Morgan fingerprint density at radius 3 is 1.52 bits per heavy atom. The van der Waals surface area contributed by atoms with E-state index < -0.39 is 127 Å². The fraction of sp³-hybridized carbons (Fsp3) is 0.543. The summed E-state index contributed by atoms with van der Waals surface area (Å²) in [6.07, 6.45) is 1.46. The van der Waals surface area contributed by atoms with Crippen LogP contribution in [0.3, 0.4) is 0 Å². The van der Waals surface area contributed by atoms with Gasteiger partial charge in [-0.05, 0) is 63.0 Å². The van der Waals surface area contributed by atoms with E-state index in [9.17, 15) is 53.1 Å². The lowest BCUT2D eigenvalue weighted by molar-refractivity contribution is -0.142. The van der Waals surface area contributed by atoms with Gasteiger partial charge in [0.1, 0.15) is 36.3 Å². The maximum absolute atomic E-state index is 14.6. The molecule has 0 bridgehead atoms. The SMILES string of the molecule is CC[C@H](C)[C@H](NC(=O)[C@H](Cc1c[nH]c2ccccc12)NC(=O)[C@H](CCCN=C(N)N)NC(=O)CNC(=O)[C@H](CCCN=C(N)N)NC(=O)[C@H](C)N)C(=O)N[C@@H](CC(N)=O)C(=O)NCC(=O)N[C@@H](CCCN=C(N)N)C(=O)O. The molecule has 1 aromatic carbocycles. The monoisotopic (exact) mass is 1080 g/mol. The lowest BCUT2D eigenvalue weighted by atomic mass is 9.96. The number of guanidine groups is 3. The van der Waals surface area contributed by atoms with E-state index in [1.165, 1.54) is 6.92 Å². The topological polar surface area (TPSA) is 548 Å². The number of fused-ring (bicyclic) bond motifs is 1. The maximum Gasteiger partial charge on any atom is 0.326 e. The number of hydrogen-bond donors (Lipinski definition) is 18. The summed E-state index contributed by atoms with van der Waals surface area (Å²) < 4.78 is 0. The third kappa shape index (κ3) is 24.4. The van der Waals surface area contributed by atoms with Gasteiger partial charge in [0.25, 0.3) is 0 Å². The molecule has 8 atom stereocenters. The van der Waals surface area contributed by atoms with Crippen LogP contribution in [0.25, 0.3) is 10.9 Å². The normalized spacial score (nSPS) is 13.9. The number of carbonyl (C=O) groups excluding carboxylic acids is 9. The van der Waals surface area contributed by atoms with Crippen LogP contribution in [0.1, 0.15) is 77.7 Å². The van der Waals surface area contributed by atoms with Crippen LogP contribution in [0.2, 0.25) is 0 Å². The highest BCUT2D eigenvalue weighted by molar-refractivity contribution is 5.98. The molecule has 0 spiro atoms. The van der Waals surface area contributed by atoms with Crippen LogP contribution < -0.4 is 88.4 Å². The largest absolute Gasteiger partial charge is 0.480 e. The fourth-order valence-electron chi connectivity index (χ4n) is 7.31. The van der Waals surface area contributed by atoms with E-state index in [0.29, 0.717) is 16.5 Å². The van der Waals surface area contributed by atoms with E-state index in [0.717, 1.165) is 0 Å². The number of benzene rings is 1. The number of carbonyl (C=O) groups is 10. The van der Waals surface area contributed by atoms with Crippen LogP contribution in [0, 0.1) is 5.92 Å². The minimum Gasteiger partial charge on any atom is -0.480 e. The second kappa shape index (κ2) is 33.2. The number of carboxylic acids is 1. The Balaban J connectivity index is 2.42. The number of nitrogens with one attached hydrogen (secondary N) is 9. The van der Waals surface area contributed by atoms with Crippen molar-refractivity contribution in [2.75, 3.05) is 32.7 Å². The standard InChI is InChI=1S/C46H76N20O11/c1-4-23(2)36(42(75)65-32(19-33(48)67)39(72)60-22-35(69)62-30(43(76)77)14-9-17-57-46(53)54)66-41(74)31(18-25-20-58-27-11-6-5-10-26(25)27)64-40(73)29(13-8-16-56-45(51)52)61-34(68)21-59-38(71)28(63-37(70)24(3)47)12-7-15-55-44(49)50/h5-6,10-11,20,23-24,28-32,36,58H,4,7-9,12-19,21-22,47H2,1-3H3,(H2,48,67)(H,59,71)(H,60,72)(H,61,68)(H,62,69)(H,63,70)(H,64,73)(H,65,75)(H,66,74)(H,76,77)(H4,49,50,55)(H4,51,52,56)(H4,53,54,57)/t23-,24-,28-,29-,30-,31-,32-,36-/m0/s1. The Morgan fingerprint density at radius 1 is 0.571 bits per heavy atom. The third-order valence-corrected chi connectivity index (χ3v) is 11.6. The zero-order valence-electron chi connectivity index (χ0n) is 43.4. The van der Waals surface area contributed by atoms with Gasteiger partial charge in [0.15, 0.2) is 17.9 Å². The van der Waals surface area contributed by atoms with Crippen molar-refractivity contribution < 1.29 is 53.1 Å². The molecule has 426 valence electrons. The van der Waals surface area contributed by atoms with E-state index in [-0.39, 0.29) is 88.9 Å². The second-order valence-corrected chi connectivity index (χ2v) is 17.9. The van der Waals surface area contributed by atoms with E-state index in [1.54, 1.807) is 44.3 Å². The van der Waals surface area contributed by atoms with Crippen LogP contribution in [0.4, 0.5) is 0 Å². The first-order valence-corrected chi connectivity index (χ1v) is 24.7. The summed E-state index contributed by atoms with van der Waals surface area (Å²) >= 11 is 0. The molecule has 2 aromatic rings. The molecule has 0 saturated carbocycles. The molecule has 2 rings (SSSR count). The van der Waals surface area contributed by atoms with Gasteiger partial charge >= 0.3 is 5.97 Å². The van der Waals surface area contributed by atoms with E-state index in [2.05, 4.69) is 62.5 Å². The molecular weight excluding hydrogens is 1010 g/mol. The zero-order chi connectivity index (χ0) is 57.8. The van der Waals surface area contributed by atoms with E-state index >= 15 is 0 Å². The minimum atomic E-state index is -1.68. The number of hydrogen-bond acceptors (Lipinski definition) is 14. The van der Waals surface area contributed by atoms with Crippen LogP contribution in [-0.4, -0.2) is 162 Å². The molecule has 77 heavy (non-hydrogen) atoms. The van der Waals surface area contributed by atoms with Gasteiger partial charge in [-0.1, -0.05) is 38.5 Å². The van der Waals surface area contributed by atoms with Crippen molar-refractivity contribution >= 4 is 87.9 Å². The molecule has 26 N–H and O–H groups in total. The highest BCUT2D eigenvalue weighted by Gasteiger charge is 2.35. The molecule has 1 heterocycles. The molecule has 1 aromatic heterocycles. The number of amides is 9. The van der Waals surface area contributed by atoms with Crippen molar-refractivity contribution in [3.8, 4) is 0 Å². The van der Waals surface area contributed by atoms with Crippen molar-refractivity contribution in [2.24, 2.45) is 66.8 Å². The molecule has 0 saturated heterocycles. The Hall–Kier alpha value is -8.77. The van der Waals surface area contributed by atoms with Crippen molar-refractivity contribution in [3.63, 3.8) is 0 Å². The summed E-state index contributed by atoms with van der Waals surface area (Å²) in [7, 11) is 0. The average Bonchev–Trinajstić information content (AvgIpc) is 3.77. The predicted molar refractivity (Wildman–Crippen MR) is 284 cm³/mol. The minimum absolute atomic E-state index is 0.0282. The summed E-state index contributed by atoms with van der Waals surface area (Å²) in [5, 5.41) is 30.1. The number of para-hydroxylation sites is 1. The lowest BCUT2D eigenvalue weighted by Crippen LogP contribution is -2.60. The smallest absolute Gasteiger partial charge is 0.326 e. The number of nitrogens with two attached hydrogens (primary N) is 8. The zero-order valence-corrected chi connectivity index (χ0v) is 43.4. The number of aliphatic carboxylic acids is 1. The van der Waals surface area contributed by atoms with Gasteiger partial charge in [-0.25, -0.2) is 4.79 Å². The molecule has 31 nitrogen and oxygen atoms in total. The van der Waals surface area contributed by atoms with Gasteiger partial charge in [0.2, 0.25) is 53.2 Å². The molecule has 0 aliphatic heterocycles. The Morgan fingerprint density at radius 2 is 1.03 bits per heavy atom. The van der Waals surface area contributed by atoms with Gasteiger partial charge in [-0.2, -0.15) is 0 Å². The van der Waals surface area contributed by atoms with Crippen molar-refractivity contribution in [3.05, 3.63) is 36.0 Å². The van der Waals surface area contributed by atoms with Gasteiger partial charge in [0, 0.05) is 43.2 Å². The summed E-state index contributed by atoms with van der Waals surface area (Å²) in [5.41, 5.74) is 44.7. The molecular formula is C46H76N20O11. The summed E-state index contributed by atoms with van der Waals surface area (Å²) in [6.45, 7) is 3.55. The summed E-state index contributed by atoms with van der Waals surface area (Å²) in [6, 6.07) is -2.34. The Labute approximate surface area is 443 Å². The van der Waals surface area contributed by atoms with Crippen molar-refractivity contribution in [2.45, 2.75) is 121 Å². The number of nitrogens with zero attached hydrogens (tertiary/aromatic N) is 3. The molecule has 0 fully saturated rings. The molecule has 31 heteroatoms. The summed E-state index contributed by atoms with van der Waals surface area (Å²) in [4.78, 5) is 147. The Bertz CT molecular complexity index is 2450. The third-order valence-electron chi connectivity index (χ3n) is 11.6. The molecule has 9 amide bonds. The predicted octanol–water partition coefficient (Wildman–Crippen LogP) is -6.63. The quantitative estimate of drug-likeness (QED) is 0.0173. The Kier molecular flexibility index (Phi) is 27.8. The number of aromatic amines is 1. The molecule has 0 aliphatic rings. The number of aliphatic imine (C=N–C) groups is 3. The first kappa shape index (κ1) is 64.3. The second-order valence-electron chi connectivity index (χ2n) is 17.9. The van der Waals surface area contributed by atoms with Gasteiger partial charge in [-0.3, -0.25) is 58.1 Å². The number of primary amides is 1. The molecule has 0 aliphatic carbocycles. The van der Waals surface area contributed by atoms with Crippen LogP contribution in [0.15, 0.2) is 45.4 Å². The van der Waals surface area contributed by atoms with Gasteiger partial charge < -0.3 is 98.5 Å². The molecule has 0 unspecified atom stereocenters. The van der Waals surface area contributed by atoms with Crippen molar-refractivity contribution in [1.82, 2.24) is 47.5 Å². The average molecular weight is 1090 g/mol. The van der Waals surface area contributed by atoms with E-state index in [1.807, 2.05) is 0 Å². The number of rotatable bonds is 35. The highest BCUT2D eigenvalue weighted by atomic mass is 16.4. The summed E-state index contributed by atoms with van der Waals surface area (Å²) in [5.74, 6) is -10.6. The van der Waals surface area contributed by atoms with Crippen LogP contribution >= 0.6 is 0 Å². The van der Waals surface area contributed by atoms with Crippen LogP contribution in [-0.2, 0) is 54.4 Å². The first-order chi connectivity index (χ1) is 36.3. The van der Waals surface area contributed by atoms with Crippen molar-refractivity contribution in [1.29, 1.82) is 0 Å². The first-order valence-electron chi connectivity index (χ1n) is 24.7. The number of aromatic nitrogens is 1. The van der Waals surface area contributed by atoms with Crippen LogP contribution in [0.5, 0.6) is 0 Å². The van der Waals surface area contributed by atoms with Gasteiger partial charge in [0.05, 0.1) is 25.6 Å².